The maximum absolute atomic E-state index is 12.1. The number of nitrogens with zero attached hydrogens (tertiary/aromatic N) is 3. The number of aromatic nitrogens is 3. The Kier molecular flexibility index (Phi) is 3.36. The second kappa shape index (κ2) is 5.01. The highest BCUT2D eigenvalue weighted by molar-refractivity contribution is 14.1. The summed E-state index contributed by atoms with van der Waals surface area (Å²) in [6, 6.07) is 7.99. The number of hydrogen-bond donors (Lipinski definition) is 0. The molecule has 0 aliphatic carbocycles. The van der Waals surface area contributed by atoms with E-state index in [4.69, 9.17) is 0 Å². The van der Waals surface area contributed by atoms with E-state index in [1.165, 1.54) is 0 Å². The van der Waals surface area contributed by atoms with Gasteiger partial charge in [0.2, 0.25) is 0 Å². The minimum Gasteiger partial charge on any atom is -0.289 e. The van der Waals surface area contributed by atoms with Gasteiger partial charge in [-0.25, -0.2) is 9.97 Å². The van der Waals surface area contributed by atoms with E-state index in [0.717, 1.165) is 15.2 Å². The van der Waals surface area contributed by atoms with Crippen molar-refractivity contribution >= 4 is 44.1 Å². The summed E-state index contributed by atoms with van der Waals surface area (Å²) < 4.78 is 3.44. The van der Waals surface area contributed by atoms with E-state index in [2.05, 4.69) is 9.97 Å². The van der Waals surface area contributed by atoms with Gasteiger partial charge in [-0.05, 0) is 41.6 Å². The van der Waals surface area contributed by atoms with Crippen molar-refractivity contribution in [2.45, 2.75) is 13.5 Å². The first kappa shape index (κ1) is 12.7. The fourth-order valence-corrected chi connectivity index (χ4v) is 3.25. The van der Waals surface area contributed by atoms with Crippen LogP contribution in [0.15, 0.2) is 35.3 Å². The molecule has 2 aromatic heterocycles. The molecule has 0 bridgehead atoms. The van der Waals surface area contributed by atoms with Gasteiger partial charge in [0.05, 0.1) is 20.3 Å². The Balaban J connectivity index is 2.06. The first-order valence-corrected chi connectivity index (χ1v) is 7.61. The lowest BCUT2D eigenvalue weighted by molar-refractivity contribution is 0.692. The van der Waals surface area contributed by atoms with Crippen molar-refractivity contribution < 1.29 is 0 Å². The molecule has 0 fully saturated rings. The van der Waals surface area contributed by atoms with Crippen LogP contribution in [0.2, 0.25) is 0 Å². The number of benzene rings is 1. The molecular weight excluding hydrogens is 373 g/mol. The second-order valence-corrected chi connectivity index (χ2v) is 6.40. The number of halogens is 1. The van der Waals surface area contributed by atoms with Gasteiger partial charge < -0.3 is 0 Å². The lowest BCUT2D eigenvalue weighted by Gasteiger charge is -2.06. The van der Waals surface area contributed by atoms with Crippen LogP contribution < -0.4 is 5.56 Å². The summed E-state index contributed by atoms with van der Waals surface area (Å²) in [5.74, 6) is 0.713. The zero-order valence-corrected chi connectivity index (χ0v) is 13.1. The molecule has 0 saturated heterocycles. The normalized spacial score (nSPS) is 11.1. The maximum atomic E-state index is 12.1. The Bertz CT molecular complexity index is 776. The Hall–Kier alpha value is -1.28. The summed E-state index contributed by atoms with van der Waals surface area (Å²) in [6.07, 6.45) is 1.60. The van der Waals surface area contributed by atoms with E-state index in [1.54, 1.807) is 22.1 Å². The van der Waals surface area contributed by atoms with Gasteiger partial charge in [-0.15, -0.1) is 11.3 Å². The molecule has 19 heavy (non-hydrogen) atoms. The zero-order chi connectivity index (χ0) is 13.4. The number of rotatable bonds is 2. The van der Waals surface area contributed by atoms with Gasteiger partial charge in [0.1, 0.15) is 10.8 Å². The molecule has 0 amide bonds. The van der Waals surface area contributed by atoms with Crippen LogP contribution in [0.25, 0.3) is 10.2 Å². The Labute approximate surface area is 127 Å². The highest BCUT2D eigenvalue weighted by Gasteiger charge is 2.09. The van der Waals surface area contributed by atoms with Crippen molar-refractivity contribution in [2.24, 2.45) is 0 Å². The van der Waals surface area contributed by atoms with Gasteiger partial charge in [0, 0.05) is 6.20 Å². The molecule has 2 heterocycles. The zero-order valence-electron chi connectivity index (χ0n) is 10.1. The number of fused-ring (bicyclic) bond motifs is 1. The standard InChI is InChI=1S/C13H10IN3OS/c1-8-15-6-9(14)13(18)17(8)7-12-16-10-4-2-3-5-11(10)19-12/h2-6H,7H2,1H3. The van der Waals surface area contributed by atoms with Crippen LogP contribution >= 0.6 is 33.9 Å². The maximum Gasteiger partial charge on any atom is 0.267 e. The highest BCUT2D eigenvalue weighted by Crippen LogP contribution is 2.22. The average Bonchev–Trinajstić information content (AvgIpc) is 2.81. The molecule has 6 heteroatoms. The van der Waals surface area contributed by atoms with Crippen molar-refractivity contribution in [2.75, 3.05) is 0 Å². The molecule has 96 valence electrons. The van der Waals surface area contributed by atoms with Crippen LogP contribution in [0, 0.1) is 10.5 Å². The van der Waals surface area contributed by atoms with E-state index in [1.807, 2.05) is 53.8 Å². The van der Waals surface area contributed by atoms with Crippen LogP contribution in [0.5, 0.6) is 0 Å². The van der Waals surface area contributed by atoms with E-state index >= 15 is 0 Å². The Morgan fingerprint density at radius 1 is 1.37 bits per heavy atom. The van der Waals surface area contributed by atoms with Gasteiger partial charge in [0.15, 0.2) is 0 Å². The molecule has 0 aliphatic rings. The topological polar surface area (TPSA) is 47.8 Å². The first-order valence-electron chi connectivity index (χ1n) is 5.71. The van der Waals surface area contributed by atoms with Gasteiger partial charge in [0.25, 0.3) is 5.56 Å². The van der Waals surface area contributed by atoms with E-state index < -0.39 is 0 Å². The molecule has 1 aromatic carbocycles. The fraction of sp³-hybridized carbons (Fsp3) is 0.154. The van der Waals surface area contributed by atoms with Crippen LogP contribution in [0.3, 0.4) is 0 Å². The minimum absolute atomic E-state index is 0.00708. The third-order valence-electron chi connectivity index (χ3n) is 2.84. The van der Waals surface area contributed by atoms with E-state index in [9.17, 15) is 4.79 Å². The lowest BCUT2D eigenvalue weighted by atomic mass is 10.3. The monoisotopic (exact) mass is 383 g/mol. The quantitative estimate of drug-likeness (QED) is 0.640. The molecule has 0 unspecified atom stereocenters. The molecule has 0 N–H and O–H groups in total. The average molecular weight is 383 g/mol. The van der Waals surface area contributed by atoms with Gasteiger partial charge in [-0.3, -0.25) is 9.36 Å². The van der Waals surface area contributed by atoms with Crippen molar-refractivity contribution in [3.05, 3.63) is 55.2 Å². The van der Waals surface area contributed by atoms with Gasteiger partial charge >= 0.3 is 0 Å². The summed E-state index contributed by atoms with van der Waals surface area (Å²) in [7, 11) is 0. The molecule has 3 rings (SSSR count). The van der Waals surface area contributed by atoms with Gasteiger partial charge in [-0.2, -0.15) is 0 Å². The summed E-state index contributed by atoms with van der Waals surface area (Å²) in [6.45, 7) is 2.32. The molecule has 0 spiro atoms. The first-order chi connectivity index (χ1) is 9.15. The molecule has 0 radical (unpaired) electrons. The Morgan fingerprint density at radius 3 is 2.95 bits per heavy atom. The van der Waals surface area contributed by atoms with Crippen molar-refractivity contribution in [3.8, 4) is 0 Å². The fourth-order valence-electron chi connectivity index (χ4n) is 1.86. The summed E-state index contributed by atoms with van der Waals surface area (Å²) >= 11 is 3.63. The predicted octanol–water partition coefficient (Wildman–Crippen LogP) is 2.81. The minimum atomic E-state index is -0.00708. The third kappa shape index (κ3) is 2.42. The van der Waals surface area contributed by atoms with Crippen LogP contribution in [-0.2, 0) is 6.54 Å². The lowest BCUT2D eigenvalue weighted by Crippen LogP contribution is -2.26. The molecule has 0 saturated carbocycles. The number of hydrogen-bond acceptors (Lipinski definition) is 4. The highest BCUT2D eigenvalue weighted by atomic mass is 127. The van der Waals surface area contributed by atoms with Crippen LogP contribution in [0.1, 0.15) is 10.8 Å². The third-order valence-corrected chi connectivity index (χ3v) is 4.60. The van der Waals surface area contributed by atoms with Crippen molar-refractivity contribution in [1.82, 2.24) is 14.5 Å². The number of aryl methyl sites for hydroxylation is 1. The molecule has 0 aliphatic heterocycles. The molecule has 3 aromatic rings. The smallest absolute Gasteiger partial charge is 0.267 e. The van der Waals surface area contributed by atoms with Crippen LogP contribution in [-0.4, -0.2) is 14.5 Å². The number of para-hydroxylation sites is 1. The summed E-state index contributed by atoms with van der Waals surface area (Å²) in [4.78, 5) is 20.9. The van der Waals surface area contributed by atoms with E-state index in [0.29, 0.717) is 15.9 Å². The van der Waals surface area contributed by atoms with Crippen molar-refractivity contribution in [3.63, 3.8) is 0 Å². The van der Waals surface area contributed by atoms with E-state index in [-0.39, 0.29) is 5.56 Å². The Morgan fingerprint density at radius 2 is 2.16 bits per heavy atom. The molecule has 0 atom stereocenters. The molecular formula is C13H10IN3OS. The summed E-state index contributed by atoms with van der Waals surface area (Å²) in [5.41, 5.74) is 0.971. The predicted molar refractivity (Wildman–Crippen MR) is 84.7 cm³/mol. The summed E-state index contributed by atoms with van der Waals surface area (Å²) in [5, 5.41) is 0.926. The SMILES string of the molecule is Cc1ncc(I)c(=O)n1Cc1nc2ccccc2s1. The molecule has 4 nitrogen and oxygen atoms in total. The largest absolute Gasteiger partial charge is 0.289 e. The van der Waals surface area contributed by atoms with Crippen molar-refractivity contribution in [1.29, 1.82) is 0 Å². The van der Waals surface area contributed by atoms with Gasteiger partial charge in [-0.1, -0.05) is 12.1 Å². The number of thiazole rings is 1. The van der Waals surface area contributed by atoms with Crippen LogP contribution in [0.4, 0.5) is 0 Å². The second-order valence-electron chi connectivity index (χ2n) is 4.12.